The van der Waals surface area contributed by atoms with E-state index in [0.29, 0.717) is 12.1 Å². The Bertz CT molecular complexity index is 163. The maximum absolute atomic E-state index is 5.24. The van der Waals surface area contributed by atoms with Gasteiger partial charge in [0, 0.05) is 25.2 Å². The number of rotatable bonds is 6. The van der Waals surface area contributed by atoms with Gasteiger partial charge < -0.3 is 11.5 Å². The van der Waals surface area contributed by atoms with Crippen molar-refractivity contribution >= 4 is 5.96 Å². The second-order valence-corrected chi connectivity index (χ2v) is 4.09. The molecule has 84 valence electrons. The molecule has 0 atom stereocenters. The Morgan fingerprint density at radius 3 is 2.00 bits per heavy atom. The van der Waals surface area contributed by atoms with Crippen LogP contribution in [0.15, 0.2) is 4.99 Å². The third-order valence-electron chi connectivity index (χ3n) is 2.20. The van der Waals surface area contributed by atoms with Crippen LogP contribution in [0.5, 0.6) is 0 Å². The van der Waals surface area contributed by atoms with Gasteiger partial charge in [-0.05, 0) is 34.1 Å². The Balaban J connectivity index is 3.78. The van der Waals surface area contributed by atoms with E-state index in [1.54, 1.807) is 0 Å². The number of guanidine groups is 1. The normalized spacial score (nSPS) is 11.4. The number of hydrogen-bond donors (Lipinski definition) is 2. The molecule has 4 nitrogen and oxygen atoms in total. The lowest BCUT2D eigenvalue weighted by Crippen LogP contribution is -2.38. The smallest absolute Gasteiger partial charge is 0.185 e. The minimum Gasteiger partial charge on any atom is -0.370 e. The lowest BCUT2D eigenvalue weighted by atomic mass is 10.2. The third-order valence-corrected chi connectivity index (χ3v) is 2.20. The van der Waals surface area contributed by atoms with Crippen molar-refractivity contribution in [3.8, 4) is 0 Å². The molecule has 0 heterocycles. The van der Waals surface area contributed by atoms with E-state index in [4.69, 9.17) is 11.5 Å². The number of aliphatic imine (C=N–C) groups is 1. The van der Waals surface area contributed by atoms with Crippen molar-refractivity contribution in [1.29, 1.82) is 0 Å². The predicted octanol–water partition coefficient (Wildman–Crippen LogP) is 0.769. The fraction of sp³-hybridized carbons (Fsp3) is 0.900. The van der Waals surface area contributed by atoms with Crippen LogP contribution in [0.25, 0.3) is 0 Å². The van der Waals surface area contributed by atoms with Crippen molar-refractivity contribution in [2.45, 2.75) is 46.2 Å². The predicted molar refractivity (Wildman–Crippen MR) is 62.3 cm³/mol. The van der Waals surface area contributed by atoms with E-state index in [0.717, 1.165) is 19.5 Å². The summed E-state index contributed by atoms with van der Waals surface area (Å²) in [6.45, 7) is 10.6. The number of nitrogens with two attached hydrogens (primary N) is 2. The van der Waals surface area contributed by atoms with Gasteiger partial charge in [0.05, 0.1) is 0 Å². The topological polar surface area (TPSA) is 67.6 Å². The van der Waals surface area contributed by atoms with Crippen LogP contribution in [-0.4, -0.2) is 36.0 Å². The number of nitrogens with zero attached hydrogens (tertiary/aromatic N) is 2. The van der Waals surface area contributed by atoms with Crippen LogP contribution in [0.3, 0.4) is 0 Å². The van der Waals surface area contributed by atoms with Crippen LogP contribution in [0, 0.1) is 0 Å². The third kappa shape index (κ3) is 5.80. The van der Waals surface area contributed by atoms with Crippen molar-refractivity contribution in [1.82, 2.24) is 4.90 Å². The lowest BCUT2D eigenvalue weighted by molar-refractivity contribution is 0.174. The highest BCUT2D eigenvalue weighted by atomic mass is 15.2. The van der Waals surface area contributed by atoms with Crippen LogP contribution in [0.1, 0.15) is 34.1 Å². The SMILES string of the molecule is CC(C)N(CCCN=C(N)N)C(C)C. The Morgan fingerprint density at radius 1 is 1.14 bits per heavy atom. The number of hydrogen-bond acceptors (Lipinski definition) is 2. The first kappa shape index (κ1) is 13.2. The molecular formula is C10H24N4. The molecule has 0 aliphatic carbocycles. The quantitative estimate of drug-likeness (QED) is 0.378. The molecule has 0 rings (SSSR count). The molecule has 0 radical (unpaired) electrons. The maximum atomic E-state index is 5.24. The second-order valence-electron chi connectivity index (χ2n) is 4.09. The van der Waals surface area contributed by atoms with Gasteiger partial charge in [0.1, 0.15) is 0 Å². The van der Waals surface area contributed by atoms with Gasteiger partial charge >= 0.3 is 0 Å². The summed E-state index contributed by atoms with van der Waals surface area (Å²) in [5.41, 5.74) is 10.5. The molecule has 0 aliphatic heterocycles. The zero-order valence-electron chi connectivity index (χ0n) is 9.83. The highest BCUT2D eigenvalue weighted by Crippen LogP contribution is 2.05. The Hall–Kier alpha value is -0.770. The van der Waals surface area contributed by atoms with Gasteiger partial charge in [-0.1, -0.05) is 0 Å². The first-order valence-electron chi connectivity index (χ1n) is 5.26. The van der Waals surface area contributed by atoms with Crippen LogP contribution in [-0.2, 0) is 0 Å². The van der Waals surface area contributed by atoms with Crippen LogP contribution in [0.4, 0.5) is 0 Å². The van der Waals surface area contributed by atoms with E-state index in [1.807, 2.05) is 0 Å². The van der Waals surface area contributed by atoms with Crippen LogP contribution >= 0.6 is 0 Å². The van der Waals surface area contributed by atoms with Crippen molar-refractivity contribution in [3.05, 3.63) is 0 Å². The van der Waals surface area contributed by atoms with Crippen molar-refractivity contribution in [2.75, 3.05) is 13.1 Å². The van der Waals surface area contributed by atoms with Gasteiger partial charge in [0.2, 0.25) is 0 Å². The van der Waals surface area contributed by atoms with Gasteiger partial charge in [0.15, 0.2) is 5.96 Å². The van der Waals surface area contributed by atoms with Crippen LogP contribution in [0.2, 0.25) is 0 Å². The fourth-order valence-corrected chi connectivity index (χ4v) is 1.57. The molecule has 0 bridgehead atoms. The standard InChI is InChI=1S/C10H24N4/c1-8(2)14(9(3)4)7-5-6-13-10(11)12/h8-9H,5-7H2,1-4H3,(H4,11,12,13). The van der Waals surface area contributed by atoms with E-state index in [2.05, 4.69) is 37.6 Å². The summed E-state index contributed by atoms with van der Waals surface area (Å²) in [5.74, 6) is 0.186. The minimum atomic E-state index is 0.186. The van der Waals surface area contributed by atoms with Gasteiger partial charge in [-0.25, -0.2) is 0 Å². The molecular weight excluding hydrogens is 176 g/mol. The van der Waals surface area contributed by atoms with Crippen molar-refractivity contribution in [3.63, 3.8) is 0 Å². The Labute approximate surface area is 87.4 Å². The molecule has 0 saturated heterocycles. The van der Waals surface area contributed by atoms with E-state index >= 15 is 0 Å². The molecule has 14 heavy (non-hydrogen) atoms. The summed E-state index contributed by atoms with van der Waals surface area (Å²) >= 11 is 0. The van der Waals surface area contributed by atoms with E-state index in [9.17, 15) is 0 Å². The molecule has 0 aromatic rings. The van der Waals surface area contributed by atoms with E-state index in [-0.39, 0.29) is 5.96 Å². The molecule has 0 spiro atoms. The van der Waals surface area contributed by atoms with Crippen LogP contribution < -0.4 is 11.5 Å². The average Bonchev–Trinajstić information content (AvgIpc) is 2.01. The van der Waals surface area contributed by atoms with Gasteiger partial charge in [0.25, 0.3) is 0 Å². The van der Waals surface area contributed by atoms with Crippen molar-refractivity contribution < 1.29 is 0 Å². The molecule has 4 N–H and O–H groups in total. The highest BCUT2D eigenvalue weighted by molar-refractivity contribution is 5.75. The summed E-state index contributed by atoms with van der Waals surface area (Å²) in [6.07, 6.45) is 1.01. The molecule has 0 unspecified atom stereocenters. The summed E-state index contributed by atoms with van der Waals surface area (Å²) in [4.78, 5) is 6.39. The maximum Gasteiger partial charge on any atom is 0.185 e. The zero-order chi connectivity index (χ0) is 11.1. The minimum absolute atomic E-state index is 0.186. The van der Waals surface area contributed by atoms with Gasteiger partial charge in [-0.2, -0.15) is 0 Å². The molecule has 4 heteroatoms. The molecule has 0 aromatic heterocycles. The van der Waals surface area contributed by atoms with Crippen molar-refractivity contribution in [2.24, 2.45) is 16.5 Å². The molecule has 0 fully saturated rings. The van der Waals surface area contributed by atoms with E-state index < -0.39 is 0 Å². The monoisotopic (exact) mass is 200 g/mol. The summed E-state index contributed by atoms with van der Waals surface area (Å²) < 4.78 is 0. The molecule has 0 aliphatic rings. The Morgan fingerprint density at radius 2 is 1.64 bits per heavy atom. The fourth-order valence-electron chi connectivity index (χ4n) is 1.57. The van der Waals surface area contributed by atoms with E-state index in [1.165, 1.54) is 0 Å². The molecule has 0 aromatic carbocycles. The zero-order valence-corrected chi connectivity index (χ0v) is 9.83. The van der Waals surface area contributed by atoms with Gasteiger partial charge in [-0.15, -0.1) is 0 Å². The second kappa shape index (κ2) is 6.65. The molecule has 0 amide bonds. The average molecular weight is 200 g/mol. The largest absolute Gasteiger partial charge is 0.370 e. The first-order valence-corrected chi connectivity index (χ1v) is 5.26. The Kier molecular flexibility index (Phi) is 6.28. The first-order chi connectivity index (χ1) is 6.45. The summed E-state index contributed by atoms with van der Waals surface area (Å²) in [5, 5.41) is 0. The summed E-state index contributed by atoms with van der Waals surface area (Å²) in [6, 6.07) is 1.16. The highest BCUT2D eigenvalue weighted by Gasteiger charge is 2.11. The lowest BCUT2D eigenvalue weighted by Gasteiger charge is -2.30. The van der Waals surface area contributed by atoms with Gasteiger partial charge in [-0.3, -0.25) is 9.89 Å². The molecule has 0 saturated carbocycles. The summed E-state index contributed by atoms with van der Waals surface area (Å²) in [7, 11) is 0.